The molecule has 2 N–H and O–H groups in total. The lowest BCUT2D eigenvalue weighted by molar-refractivity contribution is -0.132. The zero-order valence-electron chi connectivity index (χ0n) is 14.9. The van der Waals surface area contributed by atoms with Crippen molar-refractivity contribution in [1.29, 1.82) is 0 Å². The van der Waals surface area contributed by atoms with Crippen molar-refractivity contribution in [2.45, 2.75) is 40.5 Å². The molecule has 0 amide bonds. The number of benzene rings is 2. The van der Waals surface area contributed by atoms with Gasteiger partial charge in [-0.25, -0.2) is 0 Å². The first-order valence-electron chi connectivity index (χ1n) is 7.86. The summed E-state index contributed by atoms with van der Waals surface area (Å²) >= 11 is 7.05. The monoisotopic (exact) mass is 469 g/mol. The van der Waals surface area contributed by atoms with Crippen LogP contribution in [0, 0.1) is 13.8 Å². The Balaban J connectivity index is 2.52. The van der Waals surface area contributed by atoms with Gasteiger partial charge in [0, 0.05) is 18.2 Å². The number of ether oxygens (including phenoxy) is 2. The first kappa shape index (κ1) is 19.8. The molecule has 6 heteroatoms. The van der Waals surface area contributed by atoms with Crippen LogP contribution in [0.1, 0.15) is 43.4 Å². The largest absolute Gasteiger partial charge is 0.455 e. The van der Waals surface area contributed by atoms with E-state index < -0.39 is 0 Å². The first-order valence-corrected chi connectivity index (χ1v) is 9.45. The molecule has 0 unspecified atom stereocenters. The van der Waals surface area contributed by atoms with Crippen molar-refractivity contribution < 1.29 is 14.3 Å². The van der Waals surface area contributed by atoms with E-state index in [-0.39, 0.29) is 11.9 Å². The smallest absolute Gasteiger partial charge is 0.308 e. The summed E-state index contributed by atoms with van der Waals surface area (Å²) < 4.78 is 13.1. The van der Waals surface area contributed by atoms with E-state index in [1.807, 2.05) is 45.9 Å². The van der Waals surface area contributed by atoms with Gasteiger partial charge in [0.15, 0.2) is 5.75 Å². The van der Waals surface area contributed by atoms with Crippen LogP contribution in [0.25, 0.3) is 0 Å². The topological polar surface area (TPSA) is 61.5 Å². The van der Waals surface area contributed by atoms with Crippen LogP contribution in [0.15, 0.2) is 27.1 Å². The predicted octanol–water partition coefficient (Wildman–Crippen LogP) is 6.25. The fourth-order valence-corrected chi connectivity index (χ4v) is 3.78. The van der Waals surface area contributed by atoms with Crippen molar-refractivity contribution in [3.05, 3.63) is 43.8 Å². The highest BCUT2D eigenvalue weighted by Gasteiger charge is 2.18. The van der Waals surface area contributed by atoms with E-state index >= 15 is 0 Å². The summed E-state index contributed by atoms with van der Waals surface area (Å²) in [5.41, 5.74) is 9.33. The van der Waals surface area contributed by atoms with Crippen LogP contribution in [0.4, 0.5) is 5.69 Å². The molecule has 0 heterocycles. The maximum absolute atomic E-state index is 11.4. The van der Waals surface area contributed by atoms with Crippen molar-refractivity contribution in [2.75, 3.05) is 5.73 Å². The number of hydrogen-bond acceptors (Lipinski definition) is 4. The van der Waals surface area contributed by atoms with Gasteiger partial charge in [0.05, 0.1) is 8.95 Å². The van der Waals surface area contributed by atoms with E-state index in [9.17, 15) is 4.79 Å². The first-order chi connectivity index (χ1) is 11.6. The molecular weight excluding hydrogens is 450 g/mol. The Kier molecular flexibility index (Phi) is 6.16. The van der Waals surface area contributed by atoms with Crippen LogP contribution < -0.4 is 15.2 Å². The van der Waals surface area contributed by atoms with Gasteiger partial charge < -0.3 is 15.2 Å². The summed E-state index contributed by atoms with van der Waals surface area (Å²) in [6.07, 6.45) is 0. The van der Waals surface area contributed by atoms with Crippen molar-refractivity contribution >= 4 is 43.5 Å². The minimum atomic E-state index is -0.335. The van der Waals surface area contributed by atoms with Gasteiger partial charge in [0.1, 0.15) is 11.5 Å². The third kappa shape index (κ3) is 4.36. The number of nitrogens with two attached hydrogens (primary N) is 1. The molecular formula is C19H21Br2NO3. The molecule has 134 valence electrons. The van der Waals surface area contributed by atoms with E-state index in [2.05, 4.69) is 31.9 Å². The van der Waals surface area contributed by atoms with Crippen LogP contribution in [-0.4, -0.2) is 5.97 Å². The number of rotatable bonds is 4. The van der Waals surface area contributed by atoms with Crippen LogP contribution in [0.5, 0.6) is 17.2 Å². The molecule has 0 fully saturated rings. The number of hydrogen-bond donors (Lipinski definition) is 1. The molecule has 0 aliphatic rings. The molecule has 0 saturated carbocycles. The molecule has 2 rings (SSSR count). The summed E-state index contributed by atoms with van der Waals surface area (Å²) in [7, 11) is 0. The highest BCUT2D eigenvalue weighted by Crippen LogP contribution is 2.43. The molecule has 2 aromatic carbocycles. The SMILES string of the molecule is CC(=O)Oc1c(C)cc(Oc2c(Br)cc(N)c(C)c2Br)cc1C(C)C. The Morgan fingerprint density at radius 3 is 2.32 bits per heavy atom. The predicted molar refractivity (Wildman–Crippen MR) is 108 cm³/mol. The third-order valence-electron chi connectivity index (χ3n) is 3.83. The molecule has 0 spiro atoms. The van der Waals surface area contributed by atoms with E-state index in [0.717, 1.165) is 25.6 Å². The van der Waals surface area contributed by atoms with E-state index in [1.165, 1.54) is 6.92 Å². The zero-order valence-corrected chi connectivity index (χ0v) is 18.0. The van der Waals surface area contributed by atoms with Crippen LogP contribution in [0.3, 0.4) is 0 Å². The van der Waals surface area contributed by atoms with Crippen LogP contribution >= 0.6 is 31.9 Å². The van der Waals surface area contributed by atoms with Gasteiger partial charge in [-0.2, -0.15) is 0 Å². The minimum Gasteiger partial charge on any atom is -0.455 e. The fourth-order valence-electron chi connectivity index (χ4n) is 2.46. The second-order valence-electron chi connectivity index (χ2n) is 6.22. The molecule has 25 heavy (non-hydrogen) atoms. The normalized spacial score (nSPS) is 10.9. The summed E-state index contributed by atoms with van der Waals surface area (Å²) in [5.74, 6) is 1.76. The maximum Gasteiger partial charge on any atom is 0.308 e. The third-order valence-corrected chi connectivity index (χ3v) is 5.37. The van der Waals surface area contributed by atoms with Gasteiger partial charge in [-0.15, -0.1) is 0 Å². The Labute approximate surface area is 165 Å². The summed E-state index contributed by atoms with van der Waals surface area (Å²) in [6.45, 7) is 9.32. The molecule has 0 bridgehead atoms. The molecule has 0 aromatic heterocycles. The maximum atomic E-state index is 11.4. The molecule has 0 atom stereocenters. The zero-order chi connectivity index (χ0) is 18.9. The fraction of sp³-hybridized carbons (Fsp3) is 0.316. The van der Waals surface area contributed by atoms with E-state index in [0.29, 0.717) is 22.9 Å². The van der Waals surface area contributed by atoms with Gasteiger partial charge in [-0.3, -0.25) is 4.79 Å². The highest BCUT2D eigenvalue weighted by atomic mass is 79.9. The van der Waals surface area contributed by atoms with E-state index in [4.69, 9.17) is 15.2 Å². The summed E-state index contributed by atoms with van der Waals surface area (Å²) in [6, 6.07) is 5.58. The number of aryl methyl sites for hydroxylation is 1. The van der Waals surface area contributed by atoms with Crippen molar-refractivity contribution in [3.63, 3.8) is 0 Å². The number of carbonyl (C=O) groups excluding carboxylic acids is 1. The molecule has 0 aliphatic heterocycles. The number of halogens is 2. The van der Waals surface area contributed by atoms with Crippen LogP contribution in [0.2, 0.25) is 0 Å². The van der Waals surface area contributed by atoms with Gasteiger partial charge in [-0.05, 0) is 81.0 Å². The number of anilines is 1. The van der Waals surface area contributed by atoms with Gasteiger partial charge >= 0.3 is 5.97 Å². The van der Waals surface area contributed by atoms with Gasteiger partial charge in [0.25, 0.3) is 0 Å². The molecule has 0 aliphatic carbocycles. The average molecular weight is 471 g/mol. The van der Waals surface area contributed by atoms with Gasteiger partial charge in [-0.1, -0.05) is 13.8 Å². The van der Waals surface area contributed by atoms with Crippen molar-refractivity contribution in [3.8, 4) is 17.2 Å². The van der Waals surface area contributed by atoms with E-state index in [1.54, 1.807) is 0 Å². The number of esters is 1. The Morgan fingerprint density at radius 1 is 1.12 bits per heavy atom. The molecule has 2 aromatic rings. The van der Waals surface area contributed by atoms with Crippen molar-refractivity contribution in [1.82, 2.24) is 0 Å². The lowest BCUT2D eigenvalue weighted by Crippen LogP contribution is -2.07. The number of nitrogen functional groups attached to an aromatic ring is 1. The minimum absolute atomic E-state index is 0.177. The summed E-state index contributed by atoms with van der Waals surface area (Å²) in [5, 5.41) is 0. The Bertz CT molecular complexity index is 832. The molecule has 4 nitrogen and oxygen atoms in total. The quantitative estimate of drug-likeness (QED) is 0.325. The number of carbonyl (C=O) groups is 1. The second-order valence-corrected chi connectivity index (χ2v) is 7.87. The molecule has 0 saturated heterocycles. The summed E-state index contributed by atoms with van der Waals surface area (Å²) in [4.78, 5) is 11.4. The van der Waals surface area contributed by atoms with Crippen LogP contribution in [-0.2, 0) is 4.79 Å². The Hall–Kier alpha value is -1.53. The van der Waals surface area contributed by atoms with Crippen molar-refractivity contribution in [2.24, 2.45) is 0 Å². The average Bonchev–Trinajstić information content (AvgIpc) is 2.51. The Morgan fingerprint density at radius 2 is 1.76 bits per heavy atom. The molecule has 0 radical (unpaired) electrons. The highest BCUT2D eigenvalue weighted by molar-refractivity contribution is 9.11. The van der Waals surface area contributed by atoms with Gasteiger partial charge in [0.2, 0.25) is 0 Å². The second kappa shape index (κ2) is 7.79. The standard InChI is InChI=1S/C19H21Br2NO3/c1-9(2)14-7-13(6-10(3)18(14)24-12(5)23)25-19-15(20)8-16(22)11(4)17(19)21/h6-9H,22H2,1-5H3. The lowest BCUT2D eigenvalue weighted by Gasteiger charge is -2.18. The lowest BCUT2D eigenvalue weighted by atomic mass is 9.99.